The highest BCUT2D eigenvalue weighted by Gasteiger charge is 2.19. The van der Waals surface area contributed by atoms with Crippen molar-refractivity contribution in [2.24, 2.45) is 0 Å². The zero-order valence-corrected chi connectivity index (χ0v) is 6.62. The van der Waals surface area contributed by atoms with Crippen molar-refractivity contribution in [3.05, 3.63) is 0 Å². The smallest absolute Gasteiger partial charge is 0.137 e. The van der Waals surface area contributed by atoms with Crippen LogP contribution in [0.4, 0.5) is 0 Å². The van der Waals surface area contributed by atoms with Gasteiger partial charge in [-0.3, -0.25) is 4.90 Å². The van der Waals surface area contributed by atoms with E-state index in [9.17, 15) is 4.79 Å². The van der Waals surface area contributed by atoms with Gasteiger partial charge in [0.1, 0.15) is 6.29 Å². The maximum absolute atomic E-state index is 10.5. The molecule has 0 aromatic heterocycles. The monoisotopic (exact) mass is 151 g/mol. The fraction of sp³-hybridized carbons (Fsp3) is 0.667. The molecule has 2 nitrogen and oxygen atoms in total. The normalized spacial score (nSPS) is 25.9. The molecule has 1 atom stereocenters. The van der Waals surface area contributed by atoms with E-state index in [1.807, 2.05) is 0 Å². The number of carbonyl (C=O) groups excluding carboxylic acids is 1. The van der Waals surface area contributed by atoms with Crippen LogP contribution in [-0.2, 0) is 4.79 Å². The highest BCUT2D eigenvalue weighted by molar-refractivity contribution is 5.57. The number of rotatable bonds is 2. The van der Waals surface area contributed by atoms with Crippen molar-refractivity contribution in [2.75, 3.05) is 13.1 Å². The third-order valence-electron chi connectivity index (χ3n) is 2.12. The summed E-state index contributed by atoms with van der Waals surface area (Å²) in [5, 5.41) is 0. The molecule has 1 unspecified atom stereocenters. The Bertz CT molecular complexity index is 171. The number of hydrogen-bond acceptors (Lipinski definition) is 2. The van der Waals surface area contributed by atoms with Gasteiger partial charge in [0, 0.05) is 0 Å². The van der Waals surface area contributed by atoms with Crippen LogP contribution in [-0.4, -0.2) is 30.3 Å². The molecule has 1 saturated heterocycles. The van der Waals surface area contributed by atoms with Gasteiger partial charge < -0.3 is 4.79 Å². The van der Waals surface area contributed by atoms with E-state index in [0.717, 1.165) is 25.7 Å². The molecular weight excluding hydrogens is 138 g/mol. The van der Waals surface area contributed by atoms with Crippen molar-refractivity contribution in [1.82, 2.24) is 4.90 Å². The quantitative estimate of drug-likeness (QED) is 0.427. The first-order valence-electron chi connectivity index (χ1n) is 4.01. The van der Waals surface area contributed by atoms with Crippen molar-refractivity contribution in [3.63, 3.8) is 0 Å². The van der Waals surface area contributed by atoms with Crippen molar-refractivity contribution in [3.8, 4) is 12.3 Å². The van der Waals surface area contributed by atoms with Gasteiger partial charge in [0.25, 0.3) is 0 Å². The Hall–Kier alpha value is -0.810. The molecule has 1 aliphatic heterocycles. The molecule has 0 amide bonds. The molecule has 1 aliphatic rings. The van der Waals surface area contributed by atoms with E-state index < -0.39 is 0 Å². The number of hydrogen-bond donors (Lipinski definition) is 0. The van der Waals surface area contributed by atoms with E-state index >= 15 is 0 Å². The van der Waals surface area contributed by atoms with Gasteiger partial charge in [0.05, 0.1) is 12.6 Å². The van der Waals surface area contributed by atoms with Gasteiger partial charge in [-0.05, 0) is 19.4 Å². The van der Waals surface area contributed by atoms with Crippen LogP contribution in [0.25, 0.3) is 0 Å². The number of carbonyl (C=O) groups is 1. The minimum Gasteiger partial charge on any atom is -0.302 e. The first-order valence-corrected chi connectivity index (χ1v) is 4.01. The lowest BCUT2D eigenvalue weighted by molar-refractivity contribution is -0.113. The van der Waals surface area contributed by atoms with Gasteiger partial charge in [-0.15, -0.1) is 6.42 Å². The summed E-state index contributed by atoms with van der Waals surface area (Å²) in [5.74, 6) is 2.57. The highest BCUT2D eigenvalue weighted by Crippen LogP contribution is 2.14. The summed E-state index contributed by atoms with van der Waals surface area (Å²) in [4.78, 5) is 12.6. The van der Waals surface area contributed by atoms with E-state index in [1.165, 1.54) is 6.42 Å². The molecule has 1 fully saturated rings. The van der Waals surface area contributed by atoms with Crippen LogP contribution < -0.4 is 0 Å². The SMILES string of the molecule is C#CCN1CCCCC1C=O. The van der Waals surface area contributed by atoms with E-state index in [4.69, 9.17) is 6.42 Å². The lowest BCUT2D eigenvalue weighted by Crippen LogP contribution is -2.40. The number of piperidine rings is 1. The van der Waals surface area contributed by atoms with Crippen molar-refractivity contribution in [2.45, 2.75) is 25.3 Å². The summed E-state index contributed by atoms with van der Waals surface area (Å²) in [6, 6.07) is 0.0831. The van der Waals surface area contributed by atoms with E-state index in [2.05, 4.69) is 10.8 Å². The van der Waals surface area contributed by atoms with Crippen LogP contribution >= 0.6 is 0 Å². The summed E-state index contributed by atoms with van der Waals surface area (Å²) in [6.45, 7) is 1.59. The molecule has 1 heterocycles. The third-order valence-corrected chi connectivity index (χ3v) is 2.12. The van der Waals surface area contributed by atoms with Gasteiger partial charge >= 0.3 is 0 Å². The zero-order valence-electron chi connectivity index (χ0n) is 6.62. The first kappa shape index (κ1) is 8.29. The molecule has 0 aliphatic carbocycles. The van der Waals surface area contributed by atoms with Gasteiger partial charge in [0.2, 0.25) is 0 Å². The Kier molecular flexibility index (Phi) is 3.13. The molecule has 0 spiro atoms. The van der Waals surface area contributed by atoms with Crippen molar-refractivity contribution < 1.29 is 4.79 Å². The van der Waals surface area contributed by atoms with Crippen LogP contribution in [0.3, 0.4) is 0 Å². The Morgan fingerprint density at radius 2 is 2.45 bits per heavy atom. The number of nitrogens with zero attached hydrogens (tertiary/aromatic N) is 1. The zero-order chi connectivity index (χ0) is 8.10. The average Bonchev–Trinajstić information content (AvgIpc) is 2.06. The minimum atomic E-state index is 0.0831. The molecule has 0 radical (unpaired) electrons. The Morgan fingerprint density at radius 3 is 3.09 bits per heavy atom. The maximum Gasteiger partial charge on any atom is 0.137 e. The third kappa shape index (κ3) is 2.06. The van der Waals surface area contributed by atoms with Gasteiger partial charge in [-0.25, -0.2) is 0 Å². The number of terminal acetylenes is 1. The van der Waals surface area contributed by atoms with Gasteiger partial charge in [0.15, 0.2) is 0 Å². The second kappa shape index (κ2) is 4.15. The number of likely N-dealkylation sites (tertiary alicyclic amines) is 1. The summed E-state index contributed by atoms with van der Waals surface area (Å²) < 4.78 is 0. The Morgan fingerprint density at radius 1 is 1.64 bits per heavy atom. The van der Waals surface area contributed by atoms with Crippen LogP contribution in [0.1, 0.15) is 19.3 Å². The van der Waals surface area contributed by atoms with Gasteiger partial charge in [-0.2, -0.15) is 0 Å². The largest absolute Gasteiger partial charge is 0.302 e. The summed E-state index contributed by atoms with van der Waals surface area (Å²) >= 11 is 0. The molecule has 60 valence electrons. The second-order valence-electron chi connectivity index (χ2n) is 2.87. The fourth-order valence-electron chi connectivity index (χ4n) is 1.48. The van der Waals surface area contributed by atoms with E-state index in [-0.39, 0.29) is 6.04 Å². The lowest BCUT2D eigenvalue weighted by atomic mass is 10.0. The van der Waals surface area contributed by atoms with Crippen molar-refractivity contribution in [1.29, 1.82) is 0 Å². The van der Waals surface area contributed by atoms with Crippen LogP contribution in [0.15, 0.2) is 0 Å². The summed E-state index contributed by atoms with van der Waals surface area (Å²) in [6.07, 6.45) is 9.49. The van der Waals surface area contributed by atoms with Gasteiger partial charge in [-0.1, -0.05) is 12.3 Å². The minimum absolute atomic E-state index is 0.0831. The first-order chi connectivity index (χ1) is 5.38. The molecule has 0 saturated carbocycles. The highest BCUT2D eigenvalue weighted by atomic mass is 16.1. The van der Waals surface area contributed by atoms with Crippen LogP contribution in [0.5, 0.6) is 0 Å². The maximum atomic E-state index is 10.5. The molecule has 2 heteroatoms. The molecule has 0 aromatic rings. The molecule has 0 bridgehead atoms. The second-order valence-corrected chi connectivity index (χ2v) is 2.87. The molecule has 0 aromatic carbocycles. The fourth-order valence-corrected chi connectivity index (χ4v) is 1.48. The summed E-state index contributed by atoms with van der Waals surface area (Å²) in [5.41, 5.74) is 0. The lowest BCUT2D eigenvalue weighted by Gasteiger charge is -2.30. The number of aldehydes is 1. The average molecular weight is 151 g/mol. The molecular formula is C9H13NO. The van der Waals surface area contributed by atoms with Crippen LogP contribution in [0.2, 0.25) is 0 Å². The van der Waals surface area contributed by atoms with E-state index in [0.29, 0.717) is 6.54 Å². The predicted molar refractivity (Wildman–Crippen MR) is 44.1 cm³/mol. The molecule has 0 N–H and O–H groups in total. The van der Waals surface area contributed by atoms with E-state index in [1.54, 1.807) is 0 Å². The Balaban J connectivity index is 2.45. The molecule has 11 heavy (non-hydrogen) atoms. The van der Waals surface area contributed by atoms with Crippen LogP contribution in [0, 0.1) is 12.3 Å². The molecule has 1 rings (SSSR count). The predicted octanol–water partition coefficient (Wildman–Crippen LogP) is 0.673. The topological polar surface area (TPSA) is 20.3 Å². The Labute approximate surface area is 67.6 Å². The van der Waals surface area contributed by atoms with Crippen molar-refractivity contribution >= 4 is 6.29 Å². The summed E-state index contributed by atoms with van der Waals surface area (Å²) in [7, 11) is 0. The standard InChI is InChI=1S/C9H13NO/c1-2-6-10-7-4-3-5-9(10)8-11/h1,8-9H,3-7H2.